The van der Waals surface area contributed by atoms with Gasteiger partial charge in [0.25, 0.3) is 0 Å². The molecule has 0 fully saturated rings. The van der Waals surface area contributed by atoms with Crippen LogP contribution >= 0.6 is 23.1 Å². The molecule has 30 heavy (non-hydrogen) atoms. The SMILES string of the molecule is Cc1nc(-c2cccnc2)sc1-c1ccc(SCC(=O)Nc2ccccc2F)nn1. The van der Waals surface area contributed by atoms with Crippen molar-refractivity contribution in [3.63, 3.8) is 0 Å². The molecule has 1 N–H and O–H groups in total. The molecule has 150 valence electrons. The minimum absolute atomic E-state index is 0.104. The Morgan fingerprint density at radius 2 is 2.00 bits per heavy atom. The summed E-state index contributed by atoms with van der Waals surface area (Å²) in [5.74, 6) is -0.673. The average Bonchev–Trinajstić information content (AvgIpc) is 3.16. The standard InChI is InChI=1S/C21H16FN5OS2/c1-13-20(30-21(24-13)14-5-4-10-23-11-14)17-8-9-19(27-26-17)29-12-18(28)25-16-7-3-2-6-15(16)22/h2-11H,12H2,1H3,(H,25,28). The summed E-state index contributed by atoms with van der Waals surface area (Å²) in [6.07, 6.45) is 3.50. The van der Waals surface area contributed by atoms with Gasteiger partial charge in [-0.2, -0.15) is 0 Å². The van der Waals surface area contributed by atoms with Gasteiger partial charge in [-0.25, -0.2) is 9.37 Å². The van der Waals surface area contributed by atoms with Gasteiger partial charge in [-0.1, -0.05) is 23.9 Å². The molecule has 3 aromatic heterocycles. The molecule has 0 unspecified atom stereocenters. The van der Waals surface area contributed by atoms with E-state index < -0.39 is 5.82 Å². The van der Waals surface area contributed by atoms with Crippen LogP contribution in [0.2, 0.25) is 0 Å². The Morgan fingerprint density at radius 1 is 1.13 bits per heavy atom. The average molecular weight is 438 g/mol. The first-order valence-electron chi connectivity index (χ1n) is 8.99. The van der Waals surface area contributed by atoms with Crippen LogP contribution in [0.1, 0.15) is 5.69 Å². The predicted molar refractivity (Wildman–Crippen MR) is 117 cm³/mol. The molecule has 4 rings (SSSR count). The fraction of sp³-hybridized carbons (Fsp3) is 0.0952. The van der Waals surface area contributed by atoms with Crippen LogP contribution in [0.15, 0.2) is 66.0 Å². The third-order valence-electron chi connectivity index (χ3n) is 4.08. The van der Waals surface area contributed by atoms with Crippen LogP contribution in [0.5, 0.6) is 0 Å². The monoisotopic (exact) mass is 437 g/mol. The molecule has 0 atom stereocenters. The van der Waals surface area contributed by atoms with Crippen LogP contribution in [0.25, 0.3) is 21.1 Å². The van der Waals surface area contributed by atoms with E-state index in [1.807, 2.05) is 31.2 Å². The van der Waals surface area contributed by atoms with Crippen molar-refractivity contribution in [2.75, 3.05) is 11.1 Å². The van der Waals surface area contributed by atoms with E-state index in [4.69, 9.17) is 0 Å². The van der Waals surface area contributed by atoms with E-state index in [2.05, 4.69) is 25.5 Å². The summed E-state index contributed by atoms with van der Waals surface area (Å²) in [6, 6.07) is 13.6. The Kier molecular flexibility index (Phi) is 6.10. The minimum Gasteiger partial charge on any atom is -0.323 e. The maximum Gasteiger partial charge on any atom is 0.234 e. The minimum atomic E-state index is -0.467. The van der Waals surface area contributed by atoms with E-state index in [0.717, 1.165) is 26.8 Å². The molecular formula is C21H16FN5OS2. The van der Waals surface area contributed by atoms with Crippen molar-refractivity contribution in [1.82, 2.24) is 20.2 Å². The van der Waals surface area contributed by atoms with E-state index in [9.17, 15) is 9.18 Å². The molecule has 0 saturated heterocycles. The van der Waals surface area contributed by atoms with Crippen LogP contribution in [0.4, 0.5) is 10.1 Å². The third kappa shape index (κ3) is 4.69. The van der Waals surface area contributed by atoms with E-state index in [0.29, 0.717) is 5.03 Å². The van der Waals surface area contributed by atoms with Gasteiger partial charge in [-0.3, -0.25) is 9.78 Å². The highest BCUT2D eigenvalue weighted by Crippen LogP contribution is 2.34. The number of rotatable bonds is 6. The molecule has 9 heteroatoms. The number of nitrogens with one attached hydrogen (secondary N) is 1. The Balaban J connectivity index is 1.40. The van der Waals surface area contributed by atoms with Gasteiger partial charge in [-0.15, -0.1) is 21.5 Å². The van der Waals surface area contributed by atoms with Gasteiger partial charge >= 0.3 is 0 Å². The van der Waals surface area contributed by atoms with Gasteiger partial charge in [0.1, 0.15) is 21.5 Å². The molecular weight excluding hydrogens is 421 g/mol. The maximum atomic E-state index is 13.6. The van der Waals surface area contributed by atoms with E-state index in [-0.39, 0.29) is 17.3 Å². The number of para-hydroxylation sites is 1. The molecule has 0 radical (unpaired) electrons. The highest BCUT2D eigenvalue weighted by molar-refractivity contribution is 7.99. The number of benzene rings is 1. The Labute approximate surface area is 180 Å². The highest BCUT2D eigenvalue weighted by Gasteiger charge is 2.14. The number of nitrogens with zero attached hydrogens (tertiary/aromatic N) is 4. The molecule has 3 heterocycles. The van der Waals surface area contributed by atoms with Crippen molar-refractivity contribution >= 4 is 34.7 Å². The molecule has 1 aromatic carbocycles. The number of thioether (sulfide) groups is 1. The maximum absolute atomic E-state index is 13.6. The number of hydrogen-bond acceptors (Lipinski definition) is 7. The number of carbonyl (C=O) groups is 1. The van der Waals surface area contributed by atoms with Crippen molar-refractivity contribution in [2.45, 2.75) is 11.9 Å². The summed E-state index contributed by atoms with van der Waals surface area (Å²) in [7, 11) is 0. The highest BCUT2D eigenvalue weighted by atomic mass is 32.2. The first kappa shape index (κ1) is 20.1. The van der Waals surface area contributed by atoms with E-state index in [1.165, 1.54) is 35.2 Å². The predicted octanol–water partition coefficient (Wildman–Crippen LogP) is 4.84. The second-order valence-corrected chi connectivity index (χ2v) is 8.24. The van der Waals surface area contributed by atoms with Gasteiger partial charge in [0.15, 0.2) is 0 Å². The largest absolute Gasteiger partial charge is 0.323 e. The van der Waals surface area contributed by atoms with Crippen molar-refractivity contribution in [3.8, 4) is 21.1 Å². The number of amides is 1. The summed E-state index contributed by atoms with van der Waals surface area (Å²) in [5, 5.41) is 12.5. The van der Waals surface area contributed by atoms with Crippen LogP contribution in [0.3, 0.4) is 0 Å². The lowest BCUT2D eigenvalue weighted by molar-refractivity contribution is -0.113. The van der Waals surface area contributed by atoms with Crippen LogP contribution in [-0.2, 0) is 4.79 Å². The van der Waals surface area contributed by atoms with Gasteiger partial charge in [-0.05, 0) is 43.3 Å². The summed E-state index contributed by atoms with van der Waals surface area (Å²) in [6.45, 7) is 1.93. The zero-order valence-corrected chi connectivity index (χ0v) is 17.5. The molecule has 4 aromatic rings. The quantitative estimate of drug-likeness (QED) is 0.435. The number of aryl methyl sites for hydroxylation is 1. The van der Waals surface area contributed by atoms with Crippen LogP contribution in [0, 0.1) is 12.7 Å². The molecule has 6 nitrogen and oxygen atoms in total. The van der Waals surface area contributed by atoms with Crippen LogP contribution in [-0.4, -0.2) is 31.8 Å². The van der Waals surface area contributed by atoms with E-state index >= 15 is 0 Å². The summed E-state index contributed by atoms with van der Waals surface area (Å²) in [4.78, 5) is 21.7. The first-order chi connectivity index (χ1) is 14.6. The number of thiazole rings is 1. The number of hydrogen-bond donors (Lipinski definition) is 1. The van der Waals surface area contributed by atoms with Gasteiger partial charge in [0.2, 0.25) is 5.91 Å². The van der Waals surface area contributed by atoms with Crippen molar-refractivity contribution in [3.05, 3.63) is 72.4 Å². The number of carbonyl (C=O) groups excluding carboxylic acids is 1. The normalized spacial score (nSPS) is 10.7. The Bertz CT molecular complexity index is 1170. The summed E-state index contributed by atoms with van der Waals surface area (Å²) < 4.78 is 13.6. The molecule has 1 amide bonds. The molecule has 0 aliphatic heterocycles. The van der Waals surface area contributed by atoms with Crippen molar-refractivity contribution < 1.29 is 9.18 Å². The van der Waals surface area contributed by atoms with Crippen LogP contribution < -0.4 is 5.32 Å². The van der Waals surface area contributed by atoms with Gasteiger partial charge in [0.05, 0.1) is 22.0 Å². The Hall–Kier alpha value is -3.17. The smallest absolute Gasteiger partial charge is 0.234 e. The number of aromatic nitrogens is 4. The first-order valence-corrected chi connectivity index (χ1v) is 10.8. The zero-order valence-electron chi connectivity index (χ0n) is 15.9. The second kappa shape index (κ2) is 9.10. The summed E-state index contributed by atoms with van der Waals surface area (Å²) >= 11 is 2.77. The molecule has 0 aliphatic rings. The number of halogens is 1. The number of anilines is 1. The topological polar surface area (TPSA) is 80.7 Å². The lowest BCUT2D eigenvalue weighted by atomic mass is 10.3. The second-order valence-electron chi connectivity index (χ2n) is 6.25. The zero-order chi connectivity index (χ0) is 20.9. The van der Waals surface area contributed by atoms with Gasteiger partial charge < -0.3 is 5.32 Å². The molecule has 0 bridgehead atoms. The van der Waals surface area contributed by atoms with Gasteiger partial charge in [0, 0.05) is 18.0 Å². The fourth-order valence-electron chi connectivity index (χ4n) is 2.65. The van der Waals surface area contributed by atoms with Crippen molar-refractivity contribution in [2.24, 2.45) is 0 Å². The van der Waals surface area contributed by atoms with E-state index in [1.54, 1.807) is 24.5 Å². The van der Waals surface area contributed by atoms with Crippen molar-refractivity contribution in [1.29, 1.82) is 0 Å². The molecule has 0 aliphatic carbocycles. The fourth-order valence-corrected chi connectivity index (χ4v) is 4.29. The summed E-state index contributed by atoms with van der Waals surface area (Å²) in [5.41, 5.74) is 2.71. The lowest BCUT2D eigenvalue weighted by Crippen LogP contribution is -2.15. The Morgan fingerprint density at radius 3 is 2.73 bits per heavy atom. The molecule has 0 spiro atoms. The molecule has 0 saturated carbocycles. The third-order valence-corrected chi connectivity index (χ3v) is 6.23. The number of pyridine rings is 1. The lowest BCUT2D eigenvalue weighted by Gasteiger charge is -2.05.